The summed E-state index contributed by atoms with van der Waals surface area (Å²) in [7, 11) is 0. The van der Waals surface area contributed by atoms with E-state index in [1.165, 1.54) is 5.56 Å². The Morgan fingerprint density at radius 2 is 1.36 bits per heavy atom. The van der Waals surface area contributed by atoms with Crippen LogP contribution in [0.2, 0.25) is 0 Å². The number of rotatable bonds is 7. The van der Waals surface area contributed by atoms with Gasteiger partial charge < -0.3 is 4.57 Å². The summed E-state index contributed by atoms with van der Waals surface area (Å²) in [6.07, 6.45) is 0. The number of fused-ring (bicyclic) bond motifs is 1. The molecule has 0 unspecified atom stereocenters. The number of H-pyrrole nitrogens is 1. The number of nitrogens with zero attached hydrogens (tertiary/aromatic N) is 7. The first kappa shape index (κ1) is 23.8. The molecule has 0 radical (unpaired) electrons. The van der Waals surface area contributed by atoms with Crippen LogP contribution in [0.15, 0.2) is 48.5 Å². The van der Waals surface area contributed by atoms with E-state index in [0.717, 1.165) is 44.9 Å². The van der Waals surface area contributed by atoms with Crippen molar-refractivity contribution >= 4 is 11.0 Å². The minimum atomic E-state index is 0.228. The molecule has 0 saturated carbocycles. The van der Waals surface area contributed by atoms with Gasteiger partial charge in [-0.1, -0.05) is 90.1 Å². The van der Waals surface area contributed by atoms with Crippen LogP contribution in [-0.4, -0.2) is 40.4 Å². The van der Waals surface area contributed by atoms with Crippen LogP contribution >= 0.6 is 0 Å². The topological polar surface area (TPSA) is 98.1 Å². The lowest BCUT2D eigenvalue weighted by Gasteiger charge is -2.18. The van der Waals surface area contributed by atoms with Gasteiger partial charge >= 0.3 is 0 Å². The molecule has 0 bridgehead atoms. The summed E-state index contributed by atoms with van der Waals surface area (Å²) in [5.41, 5.74) is 8.32. The molecule has 0 spiro atoms. The Morgan fingerprint density at radius 3 is 2.00 bits per heavy atom. The van der Waals surface area contributed by atoms with E-state index in [2.05, 4.69) is 102 Å². The Morgan fingerprint density at radius 1 is 0.722 bits per heavy atom. The van der Waals surface area contributed by atoms with Crippen molar-refractivity contribution in [2.75, 3.05) is 0 Å². The Kier molecular flexibility index (Phi) is 6.35. The fourth-order valence-electron chi connectivity index (χ4n) is 4.77. The second-order valence-electron chi connectivity index (χ2n) is 10.1. The standard InChI is InChI=1S/C28H32N8/c1-16(2)23-25-26(24(17(3)4)31-30-23)36(28(29-25)18(5)6)15-19-11-7-8-12-20(19)21-13-9-10-14-22(21)27-32-34-35-33-27/h7-14,16-18H,15H2,1-6H3,(H,32,33,34,35). The molecule has 5 aromatic rings. The van der Waals surface area contributed by atoms with Gasteiger partial charge in [-0.25, -0.2) is 4.98 Å². The van der Waals surface area contributed by atoms with E-state index >= 15 is 0 Å². The highest BCUT2D eigenvalue weighted by molar-refractivity contribution is 5.84. The lowest BCUT2D eigenvalue weighted by Crippen LogP contribution is -2.11. The van der Waals surface area contributed by atoms with E-state index in [1.807, 2.05) is 18.2 Å². The van der Waals surface area contributed by atoms with Gasteiger partial charge in [-0.05, 0) is 33.7 Å². The maximum absolute atomic E-state index is 5.16. The number of nitrogens with one attached hydrogen (secondary N) is 1. The van der Waals surface area contributed by atoms with Gasteiger partial charge in [-0.2, -0.15) is 15.4 Å². The first-order valence-corrected chi connectivity index (χ1v) is 12.5. The number of hydrogen-bond donors (Lipinski definition) is 1. The van der Waals surface area contributed by atoms with E-state index in [9.17, 15) is 0 Å². The van der Waals surface area contributed by atoms with E-state index < -0.39 is 0 Å². The lowest BCUT2D eigenvalue weighted by atomic mass is 9.94. The number of aromatic nitrogens is 8. The van der Waals surface area contributed by atoms with Crippen molar-refractivity contribution in [1.29, 1.82) is 0 Å². The minimum Gasteiger partial charge on any atom is -0.322 e. The van der Waals surface area contributed by atoms with Crippen molar-refractivity contribution in [2.24, 2.45) is 0 Å². The predicted molar refractivity (Wildman–Crippen MR) is 142 cm³/mol. The molecule has 0 aliphatic heterocycles. The van der Waals surface area contributed by atoms with Crippen LogP contribution in [0.1, 0.15) is 82.1 Å². The molecule has 0 atom stereocenters. The summed E-state index contributed by atoms with van der Waals surface area (Å²) in [5, 5.41) is 24.1. The third-order valence-electron chi connectivity index (χ3n) is 6.51. The summed E-state index contributed by atoms with van der Waals surface area (Å²) in [6, 6.07) is 16.7. The predicted octanol–water partition coefficient (Wildman–Crippen LogP) is 6.09. The van der Waals surface area contributed by atoms with Crippen LogP contribution in [0.5, 0.6) is 0 Å². The number of tetrazole rings is 1. The number of hydrogen-bond acceptors (Lipinski definition) is 6. The molecule has 36 heavy (non-hydrogen) atoms. The van der Waals surface area contributed by atoms with E-state index in [0.29, 0.717) is 12.4 Å². The second kappa shape index (κ2) is 9.60. The SMILES string of the molecule is CC(C)c1nnc(C(C)C)c2c1nc(C(C)C)n2Cc1ccccc1-c1ccccc1-c1nn[nH]n1. The van der Waals surface area contributed by atoms with Gasteiger partial charge in [0.1, 0.15) is 11.3 Å². The van der Waals surface area contributed by atoms with Crippen LogP contribution < -0.4 is 0 Å². The number of aromatic amines is 1. The fraction of sp³-hybridized carbons (Fsp3) is 0.357. The molecule has 8 heteroatoms. The Hall–Kier alpha value is -3.94. The maximum atomic E-state index is 5.16. The van der Waals surface area contributed by atoms with Crippen LogP contribution in [0.3, 0.4) is 0 Å². The summed E-state index contributed by atoms with van der Waals surface area (Å²) in [6.45, 7) is 13.7. The summed E-state index contributed by atoms with van der Waals surface area (Å²) in [4.78, 5) is 5.16. The molecule has 0 fully saturated rings. The van der Waals surface area contributed by atoms with Gasteiger partial charge in [0.15, 0.2) is 0 Å². The molecule has 1 N–H and O–H groups in total. The van der Waals surface area contributed by atoms with Crippen LogP contribution in [-0.2, 0) is 6.54 Å². The molecule has 0 aliphatic carbocycles. The van der Waals surface area contributed by atoms with Gasteiger partial charge in [0.25, 0.3) is 0 Å². The zero-order valence-electron chi connectivity index (χ0n) is 21.7. The first-order chi connectivity index (χ1) is 17.4. The summed E-state index contributed by atoms with van der Waals surface area (Å²) >= 11 is 0. The largest absolute Gasteiger partial charge is 0.322 e. The fourth-order valence-corrected chi connectivity index (χ4v) is 4.77. The number of benzene rings is 2. The highest BCUT2D eigenvalue weighted by Gasteiger charge is 2.24. The van der Waals surface area contributed by atoms with Crippen molar-refractivity contribution in [3.05, 3.63) is 71.3 Å². The lowest BCUT2D eigenvalue weighted by molar-refractivity contribution is 0.676. The molecule has 0 amide bonds. The highest BCUT2D eigenvalue weighted by Crippen LogP contribution is 2.35. The Labute approximate surface area is 211 Å². The van der Waals surface area contributed by atoms with Crippen molar-refractivity contribution in [2.45, 2.75) is 65.8 Å². The molecule has 5 rings (SSSR count). The molecule has 0 saturated heterocycles. The zero-order chi connectivity index (χ0) is 25.4. The molecular formula is C28H32N8. The maximum Gasteiger partial charge on any atom is 0.205 e. The van der Waals surface area contributed by atoms with Crippen molar-refractivity contribution in [1.82, 2.24) is 40.4 Å². The third-order valence-corrected chi connectivity index (χ3v) is 6.51. The average molecular weight is 481 g/mol. The third kappa shape index (κ3) is 4.17. The van der Waals surface area contributed by atoms with Crippen LogP contribution in [0.25, 0.3) is 33.5 Å². The summed E-state index contributed by atoms with van der Waals surface area (Å²) in [5.74, 6) is 2.33. The quantitative estimate of drug-likeness (QED) is 0.303. The Balaban J connectivity index is 1.73. The molecule has 3 aromatic heterocycles. The van der Waals surface area contributed by atoms with Gasteiger partial charge in [-0.3, -0.25) is 0 Å². The van der Waals surface area contributed by atoms with Gasteiger partial charge in [0.2, 0.25) is 5.82 Å². The molecular weight excluding hydrogens is 448 g/mol. The summed E-state index contributed by atoms with van der Waals surface area (Å²) < 4.78 is 2.35. The molecule has 2 aromatic carbocycles. The minimum absolute atomic E-state index is 0.228. The monoisotopic (exact) mass is 480 g/mol. The first-order valence-electron chi connectivity index (χ1n) is 12.5. The zero-order valence-corrected chi connectivity index (χ0v) is 21.7. The van der Waals surface area contributed by atoms with Crippen molar-refractivity contribution < 1.29 is 0 Å². The smallest absolute Gasteiger partial charge is 0.205 e. The average Bonchev–Trinajstić information content (AvgIpc) is 3.53. The Bertz CT molecular complexity index is 1500. The van der Waals surface area contributed by atoms with E-state index in [-0.39, 0.29) is 17.8 Å². The molecule has 184 valence electrons. The van der Waals surface area contributed by atoms with E-state index in [1.54, 1.807) is 0 Å². The number of imidazole rings is 1. The highest BCUT2D eigenvalue weighted by atomic mass is 15.5. The van der Waals surface area contributed by atoms with E-state index in [4.69, 9.17) is 10.1 Å². The van der Waals surface area contributed by atoms with Crippen LogP contribution in [0, 0.1) is 0 Å². The molecule has 3 heterocycles. The van der Waals surface area contributed by atoms with Crippen molar-refractivity contribution in [3.63, 3.8) is 0 Å². The van der Waals surface area contributed by atoms with Gasteiger partial charge in [-0.15, -0.1) is 10.2 Å². The second-order valence-corrected chi connectivity index (χ2v) is 10.1. The molecule has 0 aliphatic rings. The van der Waals surface area contributed by atoms with Crippen LogP contribution in [0.4, 0.5) is 0 Å². The van der Waals surface area contributed by atoms with Gasteiger partial charge in [0.05, 0.1) is 23.4 Å². The van der Waals surface area contributed by atoms with Crippen molar-refractivity contribution in [3.8, 4) is 22.5 Å². The normalized spacial score (nSPS) is 11.9. The molecule has 8 nitrogen and oxygen atoms in total. The van der Waals surface area contributed by atoms with Gasteiger partial charge in [0, 0.05) is 11.5 Å².